The number of hydrogen-bond donors (Lipinski definition) is 0. The van der Waals surface area contributed by atoms with Crippen LogP contribution in [0.1, 0.15) is 39.2 Å². The van der Waals surface area contributed by atoms with E-state index >= 15 is 0 Å². The smallest absolute Gasteiger partial charge is 0.410 e. The molecule has 0 aliphatic heterocycles. The average Bonchev–Trinajstić information content (AvgIpc) is 3.36. The Morgan fingerprint density at radius 2 is 1.84 bits per heavy atom. The van der Waals surface area contributed by atoms with Crippen LogP contribution >= 0.6 is 0 Å². The molecule has 0 N–H and O–H groups in total. The van der Waals surface area contributed by atoms with Crippen molar-refractivity contribution in [1.82, 2.24) is 4.90 Å². The molecule has 132 valence electrons. The van der Waals surface area contributed by atoms with E-state index in [-0.39, 0.29) is 18.0 Å². The standard InChI is InChI=1S/C21H24FNO2/c1-21(2,3)25-20(24)23(17-10-11-17)14-15-9-12-18(19(22)13-15)16-7-5-4-6-8-16/h4-9,12-13,17H,10-11,14H2,1-3H3. The molecule has 0 atom stereocenters. The number of ether oxygens (including phenoxy) is 1. The Morgan fingerprint density at radius 1 is 1.16 bits per heavy atom. The molecule has 1 saturated carbocycles. The van der Waals surface area contributed by atoms with Crippen LogP contribution < -0.4 is 0 Å². The molecule has 1 amide bonds. The third-order valence-electron chi connectivity index (χ3n) is 4.09. The first kappa shape index (κ1) is 17.5. The molecular formula is C21H24FNO2. The lowest BCUT2D eigenvalue weighted by Crippen LogP contribution is -2.37. The summed E-state index contributed by atoms with van der Waals surface area (Å²) in [6.45, 7) is 5.92. The Kier molecular flexibility index (Phi) is 4.80. The van der Waals surface area contributed by atoms with Crippen LogP contribution in [0.15, 0.2) is 48.5 Å². The summed E-state index contributed by atoms with van der Waals surface area (Å²) in [5, 5.41) is 0. The van der Waals surface area contributed by atoms with Crippen LogP contribution in [0.25, 0.3) is 11.1 Å². The summed E-state index contributed by atoms with van der Waals surface area (Å²) in [6, 6.07) is 14.8. The van der Waals surface area contributed by atoms with Crippen LogP contribution in [-0.4, -0.2) is 22.6 Å². The van der Waals surface area contributed by atoms with Crippen LogP contribution in [0.3, 0.4) is 0 Å². The Hall–Kier alpha value is -2.36. The number of halogens is 1. The Balaban J connectivity index is 1.77. The number of carbonyl (C=O) groups excluding carboxylic acids is 1. The summed E-state index contributed by atoms with van der Waals surface area (Å²) in [4.78, 5) is 14.1. The van der Waals surface area contributed by atoms with Crippen molar-refractivity contribution in [2.45, 2.75) is 51.8 Å². The Labute approximate surface area is 148 Å². The second-order valence-electron chi connectivity index (χ2n) is 7.52. The highest BCUT2D eigenvalue weighted by Crippen LogP contribution is 2.31. The molecule has 2 aromatic rings. The van der Waals surface area contributed by atoms with Crippen LogP contribution in [0, 0.1) is 5.82 Å². The predicted octanol–water partition coefficient (Wildman–Crippen LogP) is 5.39. The number of benzene rings is 2. The van der Waals surface area contributed by atoms with Gasteiger partial charge < -0.3 is 9.64 Å². The molecule has 3 rings (SSSR count). The molecule has 0 unspecified atom stereocenters. The highest BCUT2D eigenvalue weighted by Gasteiger charge is 2.35. The van der Waals surface area contributed by atoms with E-state index in [4.69, 9.17) is 4.74 Å². The summed E-state index contributed by atoms with van der Waals surface area (Å²) in [5.41, 5.74) is 1.65. The highest BCUT2D eigenvalue weighted by atomic mass is 19.1. The first-order valence-corrected chi connectivity index (χ1v) is 8.67. The third-order valence-corrected chi connectivity index (χ3v) is 4.09. The van der Waals surface area contributed by atoms with Gasteiger partial charge in [0.2, 0.25) is 0 Å². The van der Waals surface area contributed by atoms with Gasteiger partial charge in [-0.25, -0.2) is 9.18 Å². The van der Waals surface area contributed by atoms with Gasteiger partial charge in [0.1, 0.15) is 11.4 Å². The second-order valence-corrected chi connectivity index (χ2v) is 7.52. The lowest BCUT2D eigenvalue weighted by atomic mass is 10.0. The maximum absolute atomic E-state index is 14.5. The van der Waals surface area contributed by atoms with Gasteiger partial charge in [0.15, 0.2) is 0 Å². The predicted molar refractivity (Wildman–Crippen MR) is 96.6 cm³/mol. The first-order chi connectivity index (χ1) is 11.8. The van der Waals surface area contributed by atoms with Crippen LogP contribution in [0.2, 0.25) is 0 Å². The van der Waals surface area contributed by atoms with E-state index in [1.165, 1.54) is 6.07 Å². The molecule has 0 heterocycles. The fourth-order valence-corrected chi connectivity index (χ4v) is 2.75. The number of hydrogen-bond acceptors (Lipinski definition) is 2. The molecule has 25 heavy (non-hydrogen) atoms. The largest absolute Gasteiger partial charge is 0.444 e. The Bertz CT molecular complexity index is 748. The first-order valence-electron chi connectivity index (χ1n) is 8.67. The van der Waals surface area contributed by atoms with Crippen molar-refractivity contribution in [1.29, 1.82) is 0 Å². The van der Waals surface area contributed by atoms with Crippen molar-refractivity contribution in [3.8, 4) is 11.1 Å². The van der Waals surface area contributed by atoms with Gasteiger partial charge in [0.05, 0.1) is 0 Å². The van der Waals surface area contributed by atoms with Crippen molar-refractivity contribution in [2.24, 2.45) is 0 Å². The number of rotatable bonds is 4. The minimum Gasteiger partial charge on any atom is -0.444 e. The van der Waals surface area contributed by atoms with Gasteiger partial charge in [-0.15, -0.1) is 0 Å². The van der Waals surface area contributed by atoms with E-state index < -0.39 is 5.60 Å². The van der Waals surface area contributed by atoms with E-state index in [1.54, 1.807) is 11.0 Å². The zero-order valence-electron chi connectivity index (χ0n) is 15.0. The second kappa shape index (κ2) is 6.87. The molecule has 4 heteroatoms. The summed E-state index contributed by atoms with van der Waals surface area (Å²) < 4.78 is 20.0. The van der Waals surface area contributed by atoms with Crippen molar-refractivity contribution in [3.63, 3.8) is 0 Å². The normalized spacial score (nSPS) is 14.2. The van der Waals surface area contributed by atoms with E-state index in [0.717, 1.165) is 24.0 Å². The van der Waals surface area contributed by atoms with Gasteiger partial charge >= 0.3 is 6.09 Å². The van der Waals surface area contributed by atoms with Gasteiger partial charge in [-0.3, -0.25) is 0 Å². The zero-order chi connectivity index (χ0) is 18.0. The SMILES string of the molecule is CC(C)(C)OC(=O)N(Cc1ccc(-c2ccccc2)c(F)c1)C1CC1. The molecule has 3 nitrogen and oxygen atoms in total. The molecule has 0 bridgehead atoms. The maximum atomic E-state index is 14.5. The average molecular weight is 341 g/mol. The van der Waals surface area contributed by atoms with Crippen LogP contribution in [0.5, 0.6) is 0 Å². The zero-order valence-corrected chi connectivity index (χ0v) is 15.0. The summed E-state index contributed by atoms with van der Waals surface area (Å²) in [6.07, 6.45) is 1.62. The van der Waals surface area contributed by atoms with Crippen LogP contribution in [-0.2, 0) is 11.3 Å². The molecule has 1 aliphatic rings. The van der Waals surface area contributed by atoms with Crippen molar-refractivity contribution in [2.75, 3.05) is 0 Å². The molecular weight excluding hydrogens is 317 g/mol. The van der Waals surface area contributed by atoms with Gasteiger partial charge in [0.25, 0.3) is 0 Å². The molecule has 0 saturated heterocycles. The number of carbonyl (C=O) groups is 1. The van der Waals surface area contributed by atoms with Gasteiger partial charge in [-0.05, 0) is 50.8 Å². The monoisotopic (exact) mass is 341 g/mol. The van der Waals surface area contributed by atoms with E-state index in [0.29, 0.717) is 12.1 Å². The molecule has 0 spiro atoms. The minimum atomic E-state index is -0.535. The summed E-state index contributed by atoms with van der Waals surface area (Å²) >= 11 is 0. The summed E-state index contributed by atoms with van der Waals surface area (Å²) in [7, 11) is 0. The van der Waals surface area contributed by atoms with E-state index in [2.05, 4.69) is 0 Å². The lowest BCUT2D eigenvalue weighted by molar-refractivity contribution is 0.0216. The maximum Gasteiger partial charge on any atom is 0.410 e. The minimum absolute atomic E-state index is 0.201. The van der Waals surface area contributed by atoms with E-state index in [1.807, 2.05) is 57.2 Å². The van der Waals surface area contributed by atoms with Crippen molar-refractivity contribution < 1.29 is 13.9 Å². The van der Waals surface area contributed by atoms with Gasteiger partial charge in [0, 0.05) is 18.2 Å². The fourth-order valence-electron chi connectivity index (χ4n) is 2.75. The number of nitrogens with zero attached hydrogens (tertiary/aromatic N) is 1. The Morgan fingerprint density at radius 3 is 2.40 bits per heavy atom. The third kappa shape index (κ3) is 4.59. The fraction of sp³-hybridized carbons (Fsp3) is 0.381. The van der Waals surface area contributed by atoms with Crippen molar-refractivity contribution in [3.05, 3.63) is 59.9 Å². The molecule has 1 fully saturated rings. The molecule has 1 aliphatic carbocycles. The summed E-state index contributed by atoms with van der Waals surface area (Å²) in [5.74, 6) is -0.274. The van der Waals surface area contributed by atoms with Crippen LogP contribution in [0.4, 0.5) is 9.18 Å². The van der Waals surface area contributed by atoms with Gasteiger partial charge in [-0.1, -0.05) is 42.5 Å². The lowest BCUT2D eigenvalue weighted by Gasteiger charge is -2.27. The molecule has 0 radical (unpaired) electrons. The van der Waals surface area contributed by atoms with Crippen molar-refractivity contribution >= 4 is 6.09 Å². The van der Waals surface area contributed by atoms with Gasteiger partial charge in [-0.2, -0.15) is 0 Å². The van der Waals surface area contributed by atoms with E-state index in [9.17, 15) is 9.18 Å². The quantitative estimate of drug-likeness (QED) is 0.746. The topological polar surface area (TPSA) is 29.5 Å². The number of amides is 1. The highest BCUT2D eigenvalue weighted by molar-refractivity contribution is 5.69. The molecule has 0 aromatic heterocycles. The molecule has 2 aromatic carbocycles.